The molecule has 1 atom stereocenters. The Kier molecular flexibility index (Phi) is 3.16. The van der Waals surface area contributed by atoms with Crippen molar-refractivity contribution >= 4 is 6.29 Å². The van der Waals surface area contributed by atoms with Crippen LogP contribution in [0.3, 0.4) is 0 Å². The molecule has 0 aromatic carbocycles. The summed E-state index contributed by atoms with van der Waals surface area (Å²) < 4.78 is 0. The van der Waals surface area contributed by atoms with E-state index in [1.807, 2.05) is 26.8 Å². The zero-order chi connectivity index (χ0) is 6.57. The van der Waals surface area contributed by atoms with Gasteiger partial charge < -0.3 is 4.79 Å². The van der Waals surface area contributed by atoms with Crippen molar-refractivity contribution in [3.05, 3.63) is 11.6 Å². The van der Waals surface area contributed by atoms with Crippen molar-refractivity contribution in [3.8, 4) is 0 Å². The van der Waals surface area contributed by atoms with E-state index in [1.165, 1.54) is 0 Å². The minimum Gasteiger partial charge on any atom is -0.303 e. The molecule has 0 N–H and O–H groups in total. The van der Waals surface area contributed by atoms with Gasteiger partial charge in [-0.3, -0.25) is 0 Å². The van der Waals surface area contributed by atoms with Gasteiger partial charge >= 0.3 is 0 Å². The second-order valence-corrected chi connectivity index (χ2v) is 1.96. The zero-order valence-electron chi connectivity index (χ0n) is 5.64. The van der Waals surface area contributed by atoms with E-state index in [4.69, 9.17) is 0 Å². The van der Waals surface area contributed by atoms with Crippen LogP contribution in [0.4, 0.5) is 0 Å². The summed E-state index contributed by atoms with van der Waals surface area (Å²) in [6, 6.07) is 0. The Balaban J connectivity index is 3.81. The molecule has 8 heavy (non-hydrogen) atoms. The molecular weight excluding hydrogens is 100 g/mol. The van der Waals surface area contributed by atoms with Gasteiger partial charge in [0.1, 0.15) is 6.29 Å². The maximum absolute atomic E-state index is 10.1. The van der Waals surface area contributed by atoms with Crippen LogP contribution in [-0.2, 0) is 4.79 Å². The molecule has 0 rings (SSSR count). The van der Waals surface area contributed by atoms with Crippen molar-refractivity contribution in [1.29, 1.82) is 0 Å². The van der Waals surface area contributed by atoms with Crippen LogP contribution in [0.1, 0.15) is 20.8 Å². The highest BCUT2D eigenvalue weighted by atomic mass is 16.1. The zero-order valence-corrected chi connectivity index (χ0v) is 5.64. The molecule has 0 heterocycles. The number of hydrogen-bond donors (Lipinski definition) is 0. The molecule has 0 aromatic rings. The Morgan fingerprint density at radius 1 is 1.62 bits per heavy atom. The number of aldehydes is 1. The van der Waals surface area contributed by atoms with Gasteiger partial charge in [0.15, 0.2) is 0 Å². The molecule has 0 aromatic heterocycles. The second kappa shape index (κ2) is 3.42. The molecule has 1 nitrogen and oxygen atoms in total. The lowest BCUT2D eigenvalue weighted by Gasteiger charge is -1.99. The van der Waals surface area contributed by atoms with E-state index in [2.05, 4.69) is 0 Å². The van der Waals surface area contributed by atoms with Crippen LogP contribution >= 0.6 is 0 Å². The standard InChI is InChI=1S/C7H12O/c1-4-6(2)7(3)5-8/h4-5,7H,1-3H3. The van der Waals surface area contributed by atoms with Crippen molar-refractivity contribution in [1.82, 2.24) is 0 Å². The summed E-state index contributed by atoms with van der Waals surface area (Å²) in [5.74, 6) is 0.0972. The number of carbonyl (C=O) groups excluding carboxylic acids is 1. The smallest absolute Gasteiger partial charge is 0.126 e. The lowest BCUT2D eigenvalue weighted by Crippen LogP contribution is -1.95. The molecule has 0 aliphatic heterocycles. The monoisotopic (exact) mass is 112 g/mol. The first-order valence-electron chi connectivity index (χ1n) is 2.80. The SMILES string of the molecule is CC=C(C)C(C)C=O. The van der Waals surface area contributed by atoms with Gasteiger partial charge in [0, 0.05) is 5.92 Å². The van der Waals surface area contributed by atoms with Crippen LogP contribution in [-0.4, -0.2) is 6.29 Å². The van der Waals surface area contributed by atoms with Crippen molar-refractivity contribution in [2.75, 3.05) is 0 Å². The van der Waals surface area contributed by atoms with Gasteiger partial charge in [0.2, 0.25) is 0 Å². The molecule has 0 saturated heterocycles. The van der Waals surface area contributed by atoms with Gasteiger partial charge in [0.25, 0.3) is 0 Å². The van der Waals surface area contributed by atoms with Gasteiger partial charge in [-0.1, -0.05) is 18.6 Å². The third-order valence-corrected chi connectivity index (χ3v) is 1.38. The Morgan fingerprint density at radius 2 is 2.12 bits per heavy atom. The van der Waals surface area contributed by atoms with Crippen LogP contribution < -0.4 is 0 Å². The number of hydrogen-bond acceptors (Lipinski definition) is 1. The average molecular weight is 112 g/mol. The topological polar surface area (TPSA) is 17.1 Å². The largest absolute Gasteiger partial charge is 0.303 e. The van der Waals surface area contributed by atoms with Gasteiger partial charge in [-0.2, -0.15) is 0 Å². The fourth-order valence-corrected chi connectivity index (χ4v) is 0.370. The Labute approximate surface area is 50.4 Å². The van der Waals surface area contributed by atoms with Gasteiger partial charge in [0.05, 0.1) is 0 Å². The first kappa shape index (κ1) is 7.41. The highest BCUT2D eigenvalue weighted by Gasteiger charge is 1.97. The molecule has 1 unspecified atom stereocenters. The number of allylic oxidation sites excluding steroid dienone is 2. The summed E-state index contributed by atoms with van der Waals surface area (Å²) in [6.45, 7) is 5.79. The van der Waals surface area contributed by atoms with Crippen LogP contribution in [0.2, 0.25) is 0 Å². The molecule has 0 saturated carbocycles. The number of carbonyl (C=O) groups is 1. The summed E-state index contributed by atoms with van der Waals surface area (Å²) in [5.41, 5.74) is 1.14. The third-order valence-electron chi connectivity index (χ3n) is 1.38. The van der Waals surface area contributed by atoms with Crippen molar-refractivity contribution in [2.24, 2.45) is 5.92 Å². The van der Waals surface area contributed by atoms with Gasteiger partial charge in [-0.05, 0) is 13.8 Å². The molecule has 0 aliphatic carbocycles. The van der Waals surface area contributed by atoms with Crippen molar-refractivity contribution in [3.63, 3.8) is 0 Å². The Morgan fingerprint density at radius 3 is 2.25 bits per heavy atom. The van der Waals surface area contributed by atoms with Gasteiger partial charge in [-0.25, -0.2) is 0 Å². The second-order valence-electron chi connectivity index (χ2n) is 1.96. The Hall–Kier alpha value is -0.590. The van der Waals surface area contributed by atoms with Crippen LogP contribution in [0, 0.1) is 5.92 Å². The average Bonchev–Trinajstić information content (AvgIpc) is 1.84. The molecule has 0 fully saturated rings. The maximum atomic E-state index is 10.1. The predicted octanol–water partition coefficient (Wildman–Crippen LogP) is 1.79. The van der Waals surface area contributed by atoms with E-state index in [9.17, 15) is 4.79 Å². The first-order chi connectivity index (χ1) is 3.72. The molecule has 46 valence electrons. The van der Waals surface area contributed by atoms with E-state index in [-0.39, 0.29) is 5.92 Å². The molecule has 0 bridgehead atoms. The van der Waals surface area contributed by atoms with Crippen molar-refractivity contribution in [2.45, 2.75) is 20.8 Å². The normalized spacial score (nSPS) is 15.6. The maximum Gasteiger partial charge on any atom is 0.126 e. The Bertz CT molecular complexity index is 103. The van der Waals surface area contributed by atoms with Crippen LogP contribution in [0.5, 0.6) is 0 Å². The quantitative estimate of drug-likeness (QED) is 0.393. The summed E-state index contributed by atoms with van der Waals surface area (Å²) in [4.78, 5) is 10.1. The highest BCUT2D eigenvalue weighted by Crippen LogP contribution is 2.04. The minimum absolute atomic E-state index is 0.0972. The number of rotatable bonds is 2. The predicted molar refractivity (Wildman–Crippen MR) is 34.7 cm³/mol. The van der Waals surface area contributed by atoms with E-state index in [0.717, 1.165) is 11.9 Å². The van der Waals surface area contributed by atoms with E-state index >= 15 is 0 Å². The first-order valence-corrected chi connectivity index (χ1v) is 2.80. The summed E-state index contributed by atoms with van der Waals surface area (Å²) in [6.07, 6.45) is 2.91. The lowest BCUT2D eigenvalue weighted by atomic mass is 10.1. The fourth-order valence-electron chi connectivity index (χ4n) is 0.370. The molecule has 0 spiro atoms. The van der Waals surface area contributed by atoms with E-state index in [0.29, 0.717) is 0 Å². The lowest BCUT2D eigenvalue weighted by molar-refractivity contribution is -0.109. The molecule has 0 amide bonds. The summed E-state index contributed by atoms with van der Waals surface area (Å²) in [7, 11) is 0. The van der Waals surface area contributed by atoms with E-state index < -0.39 is 0 Å². The fraction of sp³-hybridized carbons (Fsp3) is 0.571. The molecule has 0 radical (unpaired) electrons. The third kappa shape index (κ3) is 1.92. The molecule has 0 aliphatic rings. The van der Waals surface area contributed by atoms with E-state index in [1.54, 1.807) is 0 Å². The van der Waals surface area contributed by atoms with Gasteiger partial charge in [-0.15, -0.1) is 0 Å². The van der Waals surface area contributed by atoms with Crippen LogP contribution in [0.15, 0.2) is 11.6 Å². The summed E-state index contributed by atoms with van der Waals surface area (Å²) in [5, 5.41) is 0. The van der Waals surface area contributed by atoms with Crippen LogP contribution in [0.25, 0.3) is 0 Å². The molecular formula is C7H12O. The highest BCUT2D eigenvalue weighted by molar-refractivity contribution is 5.57. The minimum atomic E-state index is 0.0972. The molecule has 1 heteroatoms. The van der Waals surface area contributed by atoms with Crippen molar-refractivity contribution < 1.29 is 4.79 Å². The summed E-state index contributed by atoms with van der Waals surface area (Å²) >= 11 is 0.